The molecule has 1 amide bonds. The summed E-state index contributed by atoms with van der Waals surface area (Å²) in [6, 6.07) is 5.55. The number of halogens is 1. The van der Waals surface area contributed by atoms with Gasteiger partial charge in [0.2, 0.25) is 5.91 Å². The minimum Gasteiger partial charge on any atom is -0.325 e. The topological polar surface area (TPSA) is 41.1 Å². The molecule has 0 heterocycles. The Bertz CT molecular complexity index is 526. The van der Waals surface area contributed by atoms with Crippen molar-refractivity contribution in [3.05, 3.63) is 40.4 Å². The van der Waals surface area contributed by atoms with Gasteiger partial charge in [0.25, 0.3) is 0 Å². The van der Waals surface area contributed by atoms with E-state index < -0.39 is 0 Å². The Hall–Kier alpha value is -1.32. The van der Waals surface area contributed by atoms with E-state index in [4.69, 9.17) is 11.6 Å². The van der Waals surface area contributed by atoms with Gasteiger partial charge in [-0.3, -0.25) is 4.79 Å². The van der Waals surface area contributed by atoms with E-state index in [0.29, 0.717) is 11.6 Å². The van der Waals surface area contributed by atoms with Crippen LogP contribution in [0, 0.1) is 6.92 Å². The number of benzene rings is 1. The molecule has 0 saturated heterocycles. The van der Waals surface area contributed by atoms with E-state index >= 15 is 0 Å². The number of carbonyl (C=O) groups excluding carboxylic acids is 1. The number of aryl methyl sites for hydroxylation is 1. The third kappa shape index (κ3) is 5.52. The Morgan fingerprint density at radius 3 is 2.90 bits per heavy atom. The van der Waals surface area contributed by atoms with Crippen molar-refractivity contribution in [2.45, 2.75) is 39.0 Å². The molecule has 4 heteroatoms. The average Bonchev–Trinajstić information content (AvgIpc) is 2.49. The Morgan fingerprint density at radius 2 is 2.19 bits per heavy atom. The molecule has 0 atom stereocenters. The third-order valence-corrected chi connectivity index (χ3v) is 4.16. The van der Waals surface area contributed by atoms with Crippen LogP contribution in [-0.4, -0.2) is 19.0 Å². The highest BCUT2D eigenvalue weighted by molar-refractivity contribution is 6.31. The molecule has 0 saturated carbocycles. The van der Waals surface area contributed by atoms with Gasteiger partial charge in [0.05, 0.1) is 6.54 Å². The highest BCUT2D eigenvalue weighted by Gasteiger charge is 2.05. The molecule has 1 aromatic carbocycles. The molecule has 0 unspecified atom stereocenters. The second-order valence-electron chi connectivity index (χ2n) is 5.55. The number of amides is 1. The lowest BCUT2D eigenvalue weighted by atomic mass is 9.97. The molecule has 0 aromatic heterocycles. The molecule has 1 aliphatic rings. The van der Waals surface area contributed by atoms with Crippen molar-refractivity contribution in [2.75, 3.05) is 18.4 Å². The third-order valence-electron chi connectivity index (χ3n) is 3.75. The molecular weight excluding hydrogens is 284 g/mol. The lowest BCUT2D eigenvalue weighted by molar-refractivity contribution is -0.115. The van der Waals surface area contributed by atoms with Crippen LogP contribution in [0.5, 0.6) is 0 Å². The standard InChI is InChI=1S/C17H23ClN2O/c1-13-7-8-15(11-16(13)18)20-17(21)12-19-10-9-14-5-3-2-4-6-14/h5,7-8,11,19H,2-4,6,9-10,12H2,1H3,(H,20,21). The van der Waals surface area contributed by atoms with Crippen LogP contribution in [0.4, 0.5) is 5.69 Å². The fourth-order valence-corrected chi connectivity index (χ4v) is 2.64. The molecule has 3 nitrogen and oxygen atoms in total. The molecule has 0 radical (unpaired) electrons. The van der Waals surface area contributed by atoms with Gasteiger partial charge in [-0.2, -0.15) is 0 Å². The van der Waals surface area contributed by atoms with Crippen LogP contribution >= 0.6 is 11.6 Å². The number of rotatable bonds is 6. The Morgan fingerprint density at radius 1 is 1.33 bits per heavy atom. The van der Waals surface area contributed by atoms with Gasteiger partial charge in [0.1, 0.15) is 0 Å². The van der Waals surface area contributed by atoms with Crippen molar-refractivity contribution in [3.8, 4) is 0 Å². The van der Waals surface area contributed by atoms with Crippen LogP contribution in [0.1, 0.15) is 37.7 Å². The molecule has 114 valence electrons. The zero-order chi connectivity index (χ0) is 15.1. The maximum atomic E-state index is 11.8. The molecular formula is C17H23ClN2O. The first-order valence-corrected chi connectivity index (χ1v) is 7.97. The highest BCUT2D eigenvalue weighted by Crippen LogP contribution is 2.20. The van der Waals surface area contributed by atoms with Gasteiger partial charge in [-0.15, -0.1) is 0 Å². The number of carbonyl (C=O) groups is 1. The first kappa shape index (κ1) is 16.1. The Labute approximate surface area is 131 Å². The van der Waals surface area contributed by atoms with Crippen molar-refractivity contribution >= 4 is 23.2 Å². The first-order chi connectivity index (χ1) is 10.1. The molecule has 2 N–H and O–H groups in total. The van der Waals surface area contributed by atoms with E-state index in [1.807, 2.05) is 19.1 Å². The van der Waals surface area contributed by atoms with Crippen molar-refractivity contribution in [2.24, 2.45) is 0 Å². The van der Waals surface area contributed by atoms with E-state index in [9.17, 15) is 4.79 Å². The van der Waals surface area contributed by atoms with E-state index in [1.165, 1.54) is 31.3 Å². The summed E-state index contributed by atoms with van der Waals surface area (Å²) < 4.78 is 0. The molecule has 1 aliphatic carbocycles. The van der Waals surface area contributed by atoms with Crippen LogP contribution < -0.4 is 10.6 Å². The average molecular weight is 307 g/mol. The Kier molecular flexibility index (Phi) is 6.27. The summed E-state index contributed by atoms with van der Waals surface area (Å²) >= 11 is 6.04. The fraction of sp³-hybridized carbons (Fsp3) is 0.471. The Balaban J connectivity index is 1.67. The second-order valence-corrected chi connectivity index (χ2v) is 5.95. The summed E-state index contributed by atoms with van der Waals surface area (Å²) in [5.41, 5.74) is 3.28. The summed E-state index contributed by atoms with van der Waals surface area (Å²) in [6.07, 6.45) is 8.45. The minimum atomic E-state index is -0.0347. The molecule has 0 aliphatic heterocycles. The normalized spacial score (nSPS) is 14.7. The smallest absolute Gasteiger partial charge is 0.238 e. The number of anilines is 1. The summed E-state index contributed by atoms with van der Waals surface area (Å²) in [5.74, 6) is -0.0347. The molecule has 1 aromatic rings. The van der Waals surface area contributed by atoms with Crippen LogP contribution in [0.3, 0.4) is 0 Å². The lowest BCUT2D eigenvalue weighted by Gasteiger charge is -2.13. The van der Waals surface area contributed by atoms with Crippen molar-refractivity contribution < 1.29 is 4.79 Å². The van der Waals surface area contributed by atoms with Gasteiger partial charge in [-0.05, 0) is 63.3 Å². The lowest BCUT2D eigenvalue weighted by Crippen LogP contribution is -2.29. The summed E-state index contributed by atoms with van der Waals surface area (Å²) in [6.45, 7) is 3.13. The van der Waals surface area contributed by atoms with Gasteiger partial charge < -0.3 is 10.6 Å². The number of nitrogens with one attached hydrogen (secondary N) is 2. The molecule has 21 heavy (non-hydrogen) atoms. The zero-order valence-electron chi connectivity index (χ0n) is 12.5. The van der Waals surface area contributed by atoms with Crippen LogP contribution in [0.2, 0.25) is 5.02 Å². The molecule has 0 fully saturated rings. The van der Waals surface area contributed by atoms with E-state index in [2.05, 4.69) is 16.7 Å². The van der Waals surface area contributed by atoms with Crippen LogP contribution in [-0.2, 0) is 4.79 Å². The summed E-state index contributed by atoms with van der Waals surface area (Å²) in [5, 5.41) is 6.71. The van der Waals surface area contributed by atoms with Gasteiger partial charge in [-0.1, -0.05) is 29.3 Å². The van der Waals surface area contributed by atoms with Crippen LogP contribution in [0.25, 0.3) is 0 Å². The fourth-order valence-electron chi connectivity index (χ4n) is 2.46. The number of hydrogen-bond acceptors (Lipinski definition) is 2. The summed E-state index contributed by atoms with van der Waals surface area (Å²) in [7, 11) is 0. The van der Waals surface area contributed by atoms with Gasteiger partial charge >= 0.3 is 0 Å². The monoisotopic (exact) mass is 306 g/mol. The summed E-state index contributed by atoms with van der Waals surface area (Å²) in [4.78, 5) is 11.8. The molecule has 0 bridgehead atoms. The van der Waals surface area contributed by atoms with Crippen molar-refractivity contribution in [1.29, 1.82) is 0 Å². The van der Waals surface area contributed by atoms with E-state index in [-0.39, 0.29) is 5.91 Å². The predicted molar refractivity (Wildman–Crippen MR) is 88.9 cm³/mol. The SMILES string of the molecule is Cc1ccc(NC(=O)CNCCC2=CCCCC2)cc1Cl. The second kappa shape index (κ2) is 8.20. The first-order valence-electron chi connectivity index (χ1n) is 7.60. The van der Waals surface area contributed by atoms with Crippen molar-refractivity contribution in [1.82, 2.24) is 5.32 Å². The van der Waals surface area contributed by atoms with Crippen LogP contribution in [0.15, 0.2) is 29.8 Å². The maximum Gasteiger partial charge on any atom is 0.238 e. The van der Waals surface area contributed by atoms with E-state index in [1.54, 1.807) is 6.07 Å². The predicted octanol–water partition coefficient (Wildman–Crippen LogP) is 4.07. The van der Waals surface area contributed by atoms with E-state index in [0.717, 1.165) is 24.2 Å². The largest absolute Gasteiger partial charge is 0.325 e. The minimum absolute atomic E-state index is 0.0347. The van der Waals surface area contributed by atoms with Gasteiger partial charge in [0, 0.05) is 10.7 Å². The quantitative estimate of drug-likeness (QED) is 0.614. The zero-order valence-corrected chi connectivity index (χ0v) is 13.3. The maximum absolute atomic E-state index is 11.8. The molecule has 2 rings (SSSR count). The highest BCUT2D eigenvalue weighted by atomic mass is 35.5. The van der Waals surface area contributed by atoms with Crippen molar-refractivity contribution in [3.63, 3.8) is 0 Å². The number of hydrogen-bond donors (Lipinski definition) is 2. The van der Waals surface area contributed by atoms with Gasteiger partial charge in [0.15, 0.2) is 0 Å². The van der Waals surface area contributed by atoms with Gasteiger partial charge in [-0.25, -0.2) is 0 Å². The number of allylic oxidation sites excluding steroid dienone is 1. The molecule has 0 spiro atoms.